The van der Waals surface area contributed by atoms with Crippen LogP contribution >= 0.6 is 11.3 Å². The van der Waals surface area contributed by atoms with Gasteiger partial charge in [0.05, 0.1) is 0 Å². The summed E-state index contributed by atoms with van der Waals surface area (Å²) in [4.78, 5) is 3.80. The van der Waals surface area contributed by atoms with E-state index in [1.165, 1.54) is 17.7 Å². The topological polar surface area (TPSA) is 29.3 Å². The lowest BCUT2D eigenvalue weighted by atomic mass is 9.75. The monoisotopic (exact) mass is 210 g/mol. The Bertz CT molecular complexity index is 275. The molecule has 1 saturated carbocycles. The second kappa shape index (κ2) is 4.01. The first kappa shape index (κ1) is 10.1. The minimum Gasteiger partial charge on any atom is -0.328 e. The van der Waals surface area contributed by atoms with E-state index >= 15 is 0 Å². The maximum absolute atomic E-state index is 5.85. The van der Waals surface area contributed by atoms with Gasteiger partial charge in [0.25, 0.3) is 0 Å². The van der Waals surface area contributed by atoms with E-state index in [4.69, 9.17) is 5.73 Å². The Morgan fingerprint density at radius 2 is 2.21 bits per heavy atom. The molecule has 1 atom stereocenters. The molecule has 1 aromatic heterocycles. The quantitative estimate of drug-likeness (QED) is 0.827. The molecule has 1 aliphatic rings. The minimum atomic E-state index is 0.447. The molecule has 0 radical (unpaired) electrons. The van der Waals surface area contributed by atoms with Gasteiger partial charge in [-0.2, -0.15) is 0 Å². The number of rotatable bonds is 3. The zero-order valence-corrected chi connectivity index (χ0v) is 9.63. The van der Waals surface area contributed by atoms with E-state index in [0.717, 1.165) is 5.92 Å². The van der Waals surface area contributed by atoms with E-state index in [2.05, 4.69) is 36.5 Å². The Kier molecular flexibility index (Phi) is 2.91. The van der Waals surface area contributed by atoms with E-state index in [1.807, 2.05) is 11.3 Å². The van der Waals surface area contributed by atoms with Gasteiger partial charge in [0.2, 0.25) is 0 Å². The normalized spacial score (nSPS) is 28.9. The van der Waals surface area contributed by atoms with Gasteiger partial charge in [-0.05, 0) is 44.3 Å². The van der Waals surface area contributed by atoms with Gasteiger partial charge in [-0.1, -0.05) is 6.07 Å². The fourth-order valence-corrected chi connectivity index (χ4v) is 3.35. The average molecular weight is 210 g/mol. The predicted octanol–water partition coefficient (Wildman–Crippen LogP) is 2.09. The zero-order valence-electron chi connectivity index (χ0n) is 8.81. The molecule has 3 heteroatoms. The number of hydrogen-bond donors (Lipinski definition) is 1. The maximum Gasteiger partial charge on any atom is 0.0464 e. The number of nitrogens with zero attached hydrogens (tertiary/aromatic N) is 1. The van der Waals surface area contributed by atoms with E-state index < -0.39 is 0 Å². The highest BCUT2D eigenvalue weighted by molar-refractivity contribution is 7.10. The first-order valence-corrected chi connectivity index (χ1v) is 6.02. The van der Waals surface area contributed by atoms with E-state index in [1.54, 1.807) is 0 Å². The van der Waals surface area contributed by atoms with Crippen LogP contribution in [0.25, 0.3) is 0 Å². The second-order valence-electron chi connectivity index (χ2n) is 4.42. The highest BCUT2D eigenvalue weighted by Gasteiger charge is 2.35. The fourth-order valence-electron chi connectivity index (χ4n) is 2.33. The standard InChI is InChI=1S/C11H18N2S/c1-13(2)11(8-6-9(12)7-8)10-4-3-5-14-10/h3-5,8-9,11H,6-7,12H2,1-2H3. The van der Waals surface area contributed by atoms with Gasteiger partial charge in [0, 0.05) is 17.0 Å². The Morgan fingerprint density at radius 1 is 1.50 bits per heavy atom. The summed E-state index contributed by atoms with van der Waals surface area (Å²) in [6.07, 6.45) is 2.36. The highest BCUT2D eigenvalue weighted by Crippen LogP contribution is 2.41. The summed E-state index contributed by atoms with van der Waals surface area (Å²) in [5.41, 5.74) is 5.85. The molecule has 0 aromatic carbocycles. The smallest absolute Gasteiger partial charge is 0.0464 e. The van der Waals surface area contributed by atoms with Gasteiger partial charge >= 0.3 is 0 Å². The van der Waals surface area contributed by atoms with Crippen LogP contribution in [-0.2, 0) is 0 Å². The molecule has 1 unspecified atom stereocenters. The van der Waals surface area contributed by atoms with Gasteiger partial charge in [0.1, 0.15) is 0 Å². The molecule has 1 aliphatic carbocycles. The molecule has 1 aromatic rings. The average Bonchev–Trinajstić information content (AvgIpc) is 2.54. The van der Waals surface area contributed by atoms with Crippen LogP contribution in [0.15, 0.2) is 17.5 Å². The molecule has 0 bridgehead atoms. The third kappa shape index (κ3) is 1.85. The van der Waals surface area contributed by atoms with Crippen molar-refractivity contribution in [3.8, 4) is 0 Å². The molecule has 78 valence electrons. The van der Waals surface area contributed by atoms with Crippen LogP contribution < -0.4 is 5.73 Å². The third-order valence-corrected chi connectivity index (χ3v) is 3.99. The van der Waals surface area contributed by atoms with Gasteiger partial charge in [0.15, 0.2) is 0 Å². The van der Waals surface area contributed by atoms with Gasteiger partial charge in [-0.25, -0.2) is 0 Å². The van der Waals surface area contributed by atoms with Crippen LogP contribution in [0.1, 0.15) is 23.8 Å². The van der Waals surface area contributed by atoms with Crippen molar-refractivity contribution in [2.24, 2.45) is 11.7 Å². The molecule has 1 heterocycles. The molecule has 1 fully saturated rings. The van der Waals surface area contributed by atoms with Crippen LogP contribution in [0.3, 0.4) is 0 Å². The van der Waals surface area contributed by atoms with E-state index in [0.29, 0.717) is 12.1 Å². The fraction of sp³-hybridized carbons (Fsp3) is 0.636. The first-order valence-electron chi connectivity index (χ1n) is 5.14. The molecule has 14 heavy (non-hydrogen) atoms. The third-order valence-electron chi connectivity index (χ3n) is 3.05. The summed E-state index contributed by atoms with van der Waals surface area (Å²) in [6, 6.07) is 5.39. The lowest BCUT2D eigenvalue weighted by Crippen LogP contribution is -2.42. The summed E-state index contributed by atoms with van der Waals surface area (Å²) in [7, 11) is 4.32. The predicted molar refractivity (Wildman–Crippen MR) is 61.4 cm³/mol. The summed E-state index contributed by atoms with van der Waals surface area (Å²) >= 11 is 1.86. The maximum atomic E-state index is 5.85. The summed E-state index contributed by atoms with van der Waals surface area (Å²) in [5.74, 6) is 0.763. The number of thiophene rings is 1. The lowest BCUT2D eigenvalue weighted by Gasteiger charge is -2.41. The molecular weight excluding hydrogens is 192 g/mol. The number of nitrogens with two attached hydrogens (primary N) is 1. The van der Waals surface area contributed by atoms with Crippen molar-refractivity contribution in [3.63, 3.8) is 0 Å². The summed E-state index contributed by atoms with van der Waals surface area (Å²) < 4.78 is 0. The van der Waals surface area contributed by atoms with Crippen molar-refractivity contribution >= 4 is 11.3 Å². The van der Waals surface area contributed by atoms with Crippen molar-refractivity contribution in [1.29, 1.82) is 0 Å². The minimum absolute atomic E-state index is 0.447. The van der Waals surface area contributed by atoms with Crippen molar-refractivity contribution in [2.45, 2.75) is 24.9 Å². The lowest BCUT2D eigenvalue weighted by molar-refractivity contribution is 0.126. The molecule has 0 spiro atoms. The van der Waals surface area contributed by atoms with Crippen LogP contribution in [-0.4, -0.2) is 25.0 Å². The molecule has 2 N–H and O–H groups in total. The number of hydrogen-bond acceptors (Lipinski definition) is 3. The van der Waals surface area contributed by atoms with Crippen LogP contribution in [0.2, 0.25) is 0 Å². The molecule has 2 rings (SSSR count). The van der Waals surface area contributed by atoms with Gasteiger partial charge in [-0.3, -0.25) is 0 Å². The van der Waals surface area contributed by atoms with Crippen molar-refractivity contribution in [3.05, 3.63) is 22.4 Å². The first-order chi connectivity index (χ1) is 6.68. The van der Waals surface area contributed by atoms with E-state index in [9.17, 15) is 0 Å². The molecular formula is C11H18N2S. The summed E-state index contributed by atoms with van der Waals surface area (Å²) in [5, 5.41) is 2.16. The molecule has 0 amide bonds. The highest BCUT2D eigenvalue weighted by atomic mass is 32.1. The van der Waals surface area contributed by atoms with Crippen LogP contribution in [0, 0.1) is 5.92 Å². The molecule has 0 aliphatic heterocycles. The summed E-state index contributed by atoms with van der Waals surface area (Å²) in [6.45, 7) is 0. The van der Waals surface area contributed by atoms with Crippen molar-refractivity contribution < 1.29 is 0 Å². The van der Waals surface area contributed by atoms with Crippen LogP contribution in [0.4, 0.5) is 0 Å². The van der Waals surface area contributed by atoms with E-state index in [-0.39, 0.29) is 0 Å². The Hall–Kier alpha value is -0.380. The Morgan fingerprint density at radius 3 is 2.64 bits per heavy atom. The molecule has 0 saturated heterocycles. The zero-order chi connectivity index (χ0) is 10.1. The van der Waals surface area contributed by atoms with Gasteiger partial charge < -0.3 is 10.6 Å². The molecule has 2 nitrogen and oxygen atoms in total. The van der Waals surface area contributed by atoms with Gasteiger partial charge in [-0.15, -0.1) is 11.3 Å². The SMILES string of the molecule is CN(C)C(c1cccs1)C1CC(N)C1. The largest absolute Gasteiger partial charge is 0.328 e. The van der Waals surface area contributed by atoms with Crippen molar-refractivity contribution in [1.82, 2.24) is 4.90 Å². The second-order valence-corrected chi connectivity index (χ2v) is 5.39. The van der Waals surface area contributed by atoms with Crippen molar-refractivity contribution in [2.75, 3.05) is 14.1 Å². The Balaban J connectivity index is 2.09. The Labute approximate surface area is 89.7 Å². The van der Waals surface area contributed by atoms with Crippen LogP contribution in [0.5, 0.6) is 0 Å².